The molecule has 0 atom stereocenters. The van der Waals surface area contributed by atoms with E-state index < -0.39 is 33.2 Å². The molecule has 7 heteroatoms. The van der Waals surface area contributed by atoms with E-state index in [0.29, 0.717) is 0 Å². The van der Waals surface area contributed by atoms with Gasteiger partial charge in [0.1, 0.15) is 11.5 Å². The Morgan fingerprint density at radius 3 is 2.36 bits per heavy atom. The molecule has 2 amide bonds. The van der Waals surface area contributed by atoms with E-state index in [1.165, 1.54) is 6.92 Å². The number of hydrogen-bond donors (Lipinski definition) is 2. The molecule has 0 aliphatic rings. The van der Waals surface area contributed by atoms with Gasteiger partial charge in [0.25, 0.3) is 5.91 Å². The number of sulfone groups is 1. The lowest BCUT2D eigenvalue weighted by Gasteiger charge is -2.03. The summed E-state index contributed by atoms with van der Waals surface area (Å²) in [6.07, 6.45) is 4.78. The number of amides is 2. The van der Waals surface area contributed by atoms with Crippen molar-refractivity contribution >= 4 is 21.7 Å². The van der Waals surface area contributed by atoms with Crippen LogP contribution in [0.4, 0.5) is 0 Å². The number of carbonyl (C=O) groups is 2. The molecule has 2 N–H and O–H groups in total. The molecule has 0 bridgehead atoms. The van der Waals surface area contributed by atoms with Crippen LogP contribution in [0.1, 0.15) is 6.92 Å². The molecule has 0 aliphatic heterocycles. The quantitative estimate of drug-likeness (QED) is 0.432. The van der Waals surface area contributed by atoms with Gasteiger partial charge in [0.05, 0.1) is 0 Å². The number of terminal acetylenes is 1. The Kier molecular flexibility index (Phi) is 4.66. The van der Waals surface area contributed by atoms with Crippen LogP contribution in [0.3, 0.4) is 0 Å². The normalized spacial score (nSPS) is 10.0. The van der Waals surface area contributed by atoms with Crippen LogP contribution in [-0.4, -0.2) is 31.7 Å². The van der Waals surface area contributed by atoms with Crippen molar-refractivity contribution in [3.05, 3.63) is 0 Å². The van der Waals surface area contributed by atoms with Crippen LogP contribution in [0.2, 0.25) is 0 Å². The third kappa shape index (κ3) is 6.02. The van der Waals surface area contributed by atoms with Crippen molar-refractivity contribution in [2.24, 2.45) is 0 Å². The minimum Gasteiger partial charge on any atom is -0.274 e. The van der Waals surface area contributed by atoms with Gasteiger partial charge in [-0.15, -0.1) is 6.42 Å². The smallest absolute Gasteiger partial charge is 0.253 e. The summed E-state index contributed by atoms with van der Waals surface area (Å²) in [5.74, 6) is -0.632. The minimum atomic E-state index is -3.58. The van der Waals surface area contributed by atoms with Gasteiger partial charge in [0.15, 0.2) is 9.84 Å². The van der Waals surface area contributed by atoms with E-state index in [1.807, 2.05) is 16.8 Å². The first kappa shape index (κ1) is 12.4. The fourth-order valence-electron chi connectivity index (χ4n) is 0.572. The van der Waals surface area contributed by atoms with E-state index >= 15 is 0 Å². The van der Waals surface area contributed by atoms with Crippen LogP contribution in [0.25, 0.3) is 0 Å². The molecule has 0 saturated heterocycles. The molecule has 0 saturated carbocycles. The molecule has 0 spiro atoms. The predicted molar refractivity (Wildman–Crippen MR) is 49.4 cm³/mol. The molecule has 0 unspecified atom stereocenters. The third-order valence-corrected chi connectivity index (χ3v) is 2.34. The molecule has 0 fully saturated rings. The van der Waals surface area contributed by atoms with Gasteiger partial charge >= 0.3 is 0 Å². The minimum absolute atomic E-state index is 0.493. The van der Waals surface area contributed by atoms with Crippen LogP contribution in [0.15, 0.2) is 0 Å². The summed E-state index contributed by atoms with van der Waals surface area (Å²) in [6, 6.07) is 0. The Balaban J connectivity index is 4.08. The van der Waals surface area contributed by atoms with Crippen molar-refractivity contribution in [3.63, 3.8) is 0 Å². The summed E-state index contributed by atoms with van der Waals surface area (Å²) < 4.78 is 21.9. The Bertz CT molecular complexity index is 366. The lowest BCUT2D eigenvalue weighted by atomic mass is 10.7. The first-order chi connectivity index (χ1) is 6.37. The van der Waals surface area contributed by atoms with Gasteiger partial charge in [-0.1, -0.05) is 5.92 Å². The highest BCUT2D eigenvalue weighted by Gasteiger charge is 2.15. The lowest BCUT2D eigenvalue weighted by molar-refractivity contribution is -0.126. The molecule has 0 radical (unpaired) electrons. The van der Waals surface area contributed by atoms with E-state index in [2.05, 4.69) is 0 Å². The molecule has 0 heterocycles. The van der Waals surface area contributed by atoms with E-state index in [0.717, 1.165) is 0 Å². The first-order valence-corrected chi connectivity index (χ1v) is 5.39. The molecular weight excluding hydrogens is 208 g/mol. The molecule has 0 aromatic rings. The fraction of sp³-hybridized carbons (Fsp3) is 0.429. The van der Waals surface area contributed by atoms with Gasteiger partial charge in [-0.3, -0.25) is 20.4 Å². The van der Waals surface area contributed by atoms with Crippen molar-refractivity contribution < 1.29 is 18.0 Å². The summed E-state index contributed by atoms with van der Waals surface area (Å²) in [4.78, 5) is 21.2. The average molecular weight is 218 g/mol. The molecule has 0 aliphatic carbocycles. The molecule has 78 valence electrons. The molecule has 6 nitrogen and oxygen atoms in total. The van der Waals surface area contributed by atoms with Gasteiger partial charge in [-0.25, -0.2) is 8.42 Å². The lowest BCUT2D eigenvalue weighted by Crippen LogP contribution is -2.43. The second-order valence-electron chi connectivity index (χ2n) is 2.47. The van der Waals surface area contributed by atoms with Gasteiger partial charge in [-0.2, -0.15) is 0 Å². The Hall–Kier alpha value is -1.55. The van der Waals surface area contributed by atoms with Crippen molar-refractivity contribution in [3.8, 4) is 12.3 Å². The largest absolute Gasteiger partial charge is 0.274 e. The van der Waals surface area contributed by atoms with Gasteiger partial charge in [0.2, 0.25) is 5.91 Å². The van der Waals surface area contributed by atoms with Gasteiger partial charge < -0.3 is 0 Å². The number of nitrogens with one attached hydrogen (secondary N) is 2. The first-order valence-electron chi connectivity index (χ1n) is 3.56. The highest BCUT2D eigenvalue weighted by atomic mass is 32.2. The summed E-state index contributed by atoms with van der Waals surface area (Å²) in [7, 11) is -3.58. The molecule has 0 aromatic heterocycles. The molecular formula is C7H10N2O4S. The predicted octanol–water partition coefficient (Wildman–Crippen LogP) is -1.80. The standard InChI is InChI=1S/C7H10N2O4S/c1-3-4-14(12,13)5-7(11)9-8-6(2)10/h1H,4-5H2,2H3,(H,8,10)(H,9,11). The van der Waals surface area contributed by atoms with Gasteiger partial charge in [-0.05, 0) is 0 Å². The molecule has 14 heavy (non-hydrogen) atoms. The van der Waals surface area contributed by atoms with Crippen molar-refractivity contribution in [2.75, 3.05) is 11.5 Å². The van der Waals surface area contributed by atoms with E-state index in [-0.39, 0.29) is 0 Å². The van der Waals surface area contributed by atoms with Crippen LogP contribution >= 0.6 is 0 Å². The van der Waals surface area contributed by atoms with Crippen LogP contribution < -0.4 is 10.9 Å². The summed E-state index contributed by atoms with van der Waals surface area (Å²) >= 11 is 0. The van der Waals surface area contributed by atoms with E-state index in [9.17, 15) is 18.0 Å². The van der Waals surface area contributed by atoms with Crippen molar-refractivity contribution in [1.29, 1.82) is 0 Å². The monoisotopic (exact) mass is 218 g/mol. The van der Waals surface area contributed by atoms with Crippen molar-refractivity contribution in [1.82, 2.24) is 10.9 Å². The molecule has 0 rings (SSSR count). The topological polar surface area (TPSA) is 92.3 Å². The summed E-state index contributed by atoms with van der Waals surface area (Å²) in [5, 5.41) is 0. The van der Waals surface area contributed by atoms with Crippen molar-refractivity contribution in [2.45, 2.75) is 6.92 Å². The van der Waals surface area contributed by atoms with Crippen LogP contribution in [0.5, 0.6) is 0 Å². The van der Waals surface area contributed by atoms with Crippen LogP contribution in [0, 0.1) is 12.3 Å². The third-order valence-electron chi connectivity index (χ3n) is 1.03. The summed E-state index contributed by atoms with van der Waals surface area (Å²) in [6.45, 7) is 1.18. The Morgan fingerprint density at radius 2 is 1.93 bits per heavy atom. The molecule has 0 aromatic carbocycles. The number of carbonyl (C=O) groups excluding carboxylic acids is 2. The SMILES string of the molecule is C#CCS(=O)(=O)CC(=O)NNC(C)=O. The maximum absolute atomic E-state index is 11.0. The average Bonchev–Trinajstić information content (AvgIpc) is 1.99. The fourth-order valence-corrected chi connectivity index (χ4v) is 1.40. The zero-order chi connectivity index (χ0) is 11.2. The maximum Gasteiger partial charge on any atom is 0.253 e. The van der Waals surface area contributed by atoms with E-state index in [4.69, 9.17) is 6.42 Å². The van der Waals surface area contributed by atoms with Gasteiger partial charge in [0, 0.05) is 6.92 Å². The Labute approximate surface area is 81.9 Å². The Morgan fingerprint density at radius 1 is 1.36 bits per heavy atom. The summed E-state index contributed by atoms with van der Waals surface area (Å²) in [5.41, 5.74) is 3.87. The zero-order valence-corrected chi connectivity index (χ0v) is 8.35. The van der Waals surface area contributed by atoms with E-state index in [1.54, 1.807) is 0 Å². The second kappa shape index (κ2) is 5.24. The maximum atomic E-state index is 11.0. The highest BCUT2D eigenvalue weighted by Crippen LogP contribution is 1.87. The number of hydrazine groups is 1. The highest BCUT2D eigenvalue weighted by molar-refractivity contribution is 7.92. The second-order valence-corrected chi connectivity index (χ2v) is 4.53. The number of hydrogen-bond acceptors (Lipinski definition) is 4. The zero-order valence-electron chi connectivity index (χ0n) is 7.53. The number of rotatable bonds is 3. The van der Waals surface area contributed by atoms with Crippen LogP contribution in [-0.2, 0) is 19.4 Å².